The second-order valence-corrected chi connectivity index (χ2v) is 9.90. The van der Waals surface area contributed by atoms with Gasteiger partial charge in [-0.2, -0.15) is 0 Å². The monoisotopic (exact) mass is 508 g/mol. The van der Waals surface area contributed by atoms with Crippen molar-refractivity contribution >= 4 is 23.2 Å². The number of ether oxygens (including phenoxy) is 3. The maximum Gasteiger partial charge on any atom is 0.254 e. The summed E-state index contributed by atoms with van der Waals surface area (Å²) in [5.74, 6) is 1.70. The third kappa shape index (κ3) is 5.65. The Hall–Kier alpha value is -3.52. The van der Waals surface area contributed by atoms with E-state index < -0.39 is 0 Å². The van der Waals surface area contributed by atoms with Crippen LogP contribution in [0.15, 0.2) is 60.0 Å². The van der Waals surface area contributed by atoms with Gasteiger partial charge >= 0.3 is 0 Å². The Bertz CT molecular complexity index is 1210. The van der Waals surface area contributed by atoms with Crippen LogP contribution in [-0.4, -0.2) is 61.6 Å². The van der Waals surface area contributed by atoms with Crippen molar-refractivity contribution in [2.75, 3.05) is 33.9 Å². The summed E-state index contributed by atoms with van der Waals surface area (Å²) in [6.07, 6.45) is 0.792. The lowest BCUT2D eigenvalue weighted by Gasteiger charge is -2.37. The molecule has 0 bridgehead atoms. The van der Waals surface area contributed by atoms with Crippen LogP contribution in [0.5, 0.6) is 17.2 Å². The van der Waals surface area contributed by atoms with Gasteiger partial charge < -0.3 is 24.0 Å². The van der Waals surface area contributed by atoms with Crippen molar-refractivity contribution < 1.29 is 23.8 Å². The quantitative estimate of drug-likeness (QED) is 0.415. The molecule has 4 rings (SSSR count). The van der Waals surface area contributed by atoms with Gasteiger partial charge in [-0.1, -0.05) is 12.1 Å². The molecule has 0 saturated carbocycles. The van der Waals surface area contributed by atoms with E-state index in [0.717, 1.165) is 12.0 Å². The highest BCUT2D eigenvalue weighted by atomic mass is 32.1. The van der Waals surface area contributed by atoms with E-state index in [2.05, 4.69) is 11.4 Å². The van der Waals surface area contributed by atoms with Gasteiger partial charge in [0.05, 0.1) is 20.3 Å². The Morgan fingerprint density at radius 2 is 1.72 bits per heavy atom. The van der Waals surface area contributed by atoms with Crippen LogP contribution < -0.4 is 14.2 Å². The van der Waals surface area contributed by atoms with E-state index in [1.54, 1.807) is 54.7 Å². The predicted octanol–water partition coefficient (Wildman–Crippen LogP) is 4.82. The van der Waals surface area contributed by atoms with E-state index in [1.807, 2.05) is 43.0 Å². The minimum absolute atomic E-state index is 0.0111. The molecule has 1 atom stereocenters. The molecule has 36 heavy (non-hydrogen) atoms. The number of benzene rings is 2. The van der Waals surface area contributed by atoms with E-state index in [1.165, 1.54) is 4.88 Å². The summed E-state index contributed by atoms with van der Waals surface area (Å²) in [6, 6.07) is 16.1. The average molecular weight is 509 g/mol. The molecular weight excluding hydrogens is 476 g/mol. The van der Waals surface area contributed by atoms with Crippen molar-refractivity contribution in [3.63, 3.8) is 0 Å². The van der Waals surface area contributed by atoms with Crippen molar-refractivity contribution in [2.45, 2.75) is 32.4 Å². The number of carbonyl (C=O) groups is 2. The second kappa shape index (κ2) is 11.5. The zero-order valence-corrected chi connectivity index (χ0v) is 21.9. The Morgan fingerprint density at radius 3 is 2.44 bits per heavy atom. The lowest BCUT2D eigenvalue weighted by atomic mass is 10.00. The first-order valence-electron chi connectivity index (χ1n) is 12.0. The molecule has 8 heteroatoms. The van der Waals surface area contributed by atoms with Gasteiger partial charge in [0.25, 0.3) is 5.91 Å². The van der Waals surface area contributed by atoms with Crippen molar-refractivity contribution in [3.05, 3.63) is 76.0 Å². The molecule has 0 radical (unpaired) electrons. The topological polar surface area (TPSA) is 68.3 Å². The molecular formula is C28H32N2O5S. The number of fused-ring (bicyclic) bond motifs is 1. The van der Waals surface area contributed by atoms with Crippen LogP contribution in [0.2, 0.25) is 0 Å². The van der Waals surface area contributed by atoms with Gasteiger partial charge in [0.15, 0.2) is 0 Å². The van der Waals surface area contributed by atoms with E-state index in [0.29, 0.717) is 36.0 Å². The first-order chi connectivity index (χ1) is 17.4. The largest absolute Gasteiger partial charge is 0.497 e. The van der Waals surface area contributed by atoms with Gasteiger partial charge in [-0.05, 0) is 67.6 Å². The Balaban J connectivity index is 1.53. The third-order valence-electron chi connectivity index (χ3n) is 6.37. The van der Waals surface area contributed by atoms with Gasteiger partial charge in [-0.3, -0.25) is 9.59 Å². The fourth-order valence-corrected chi connectivity index (χ4v) is 5.32. The molecule has 7 nitrogen and oxygen atoms in total. The van der Waals surface area contributed by atoms with Crippen LogP contribution in [0.4, 0.5) is 0 Å². The minimum atomic E-state index is -0.236. The first-order valence-corrected chi connectivity index (χ1v) is 12.9. The zero-order valence-electron chi connectivity index (χ0n) is 21.1. The number of methoxy groups -OCH3 is 2. The van der Waals surface area contributed by atoms with Crippen LogP contribution >= 0.6 is 11.3 Å². The molecule has 3 aromatic rings. The summed E-state index contributed by atoms with van der Waals surface area (Å²) in [6.45, 7) is 4.72. The Kier molecular flexibility index (Phi) is 8.15. The number of rotatable bonds is 9. The standard InChI is InChI=1S/C28H32N2O5S/c1-19(2)30(28(32)20-7-5-8-21(15-20)33-3)17-27(31)29-13-11-26-24(12-14-36-26)25(29)18-35-23-10-6-9-22(16-23)34-4/h5-10,12,14-16,19,25H,11,13,17-18H2,1-4H3/t25-/m0/s1. The fraction of sp³-hybridized carbons (Fsp3) is 0.357. The van der Waals surface area contributed by atoms with E-state index >= 15 is 0 Å². The summed E-state index contributed by atoms with van der Waals surface area (Å²) in [7, 11) is 3.18. The molecule has 1 aromatic heterocycles. The van der Waals surface area contributed by atoms with E-state index in [4.69, 9.17) is 14.2 Å². The summed E-state index contributed by atoms with van der Waals surface area (Å²) in [5, 5.41) is 2.06. The van der Waals surface area contributed by atoms with Crippen molar-refractivity contribution in [1.29, 1.82) is 0 Å². The molecule has 0 unspecified atom stereocenters. The summed E-state index contributed by atoms with van der Waals surface area (Å²) < 4.78 is 16.7. The number of carbonyl (C=O) groups excluding carboxylic acids is 2. The van der Waals surface area contributed by atoms with E-state index in [-0.39, 0.29) is 30.4 Å². The molecule has 0 N–H and O–H groups in total. The summed E-state index contributed by atoms with van der Waals surface area (Å²) in [5.41, 5.74) is 1.60. The minimum Gasteiger partial charge on any atom is -0.497 e. The van der Waals surface area contributed by atoms with Crippen molar-refractivity contribution in [3.8, 4) is 17.2 Å². The van der Waals surface area contributed by atoms with Crippen molar-refractivity contribution in [1.82, 2.24) is 9.80 Å². The number of nitrogens with zero attached hydrogens (tertiary/aromatic N) is 2. The predicted molar refractivity (Wildman–Crippen MR) is 140 cm³/mol. The fourth-order valence-electron chi connectivity index (χ4n) is 4.39. The molecule has 2 aromatic carbocycles. The SMILES string of the molecule is COc1cccc(OC[C@H]2c3ccsc3CCN2C(=O)CN(C(=O)c2cccc(OC)c2)C(C)C)c1. The molecule has 0 fully saturated rings. The highest BCUT2D eigenvalue weighted by molar-refractivity contribution is 7.10. The third-order valence-corrected chi connectivity index (χ3v) is 7.37. The van der Waals surface area contributed by atoms with Crippen LogP contribution in [0.3, 0.4) is 0 Å². The lowest BCUT2D eigenvalue weighted by molar-refractivity contribution is -0.136. The lowest BCUT2D eigenvalue weighted by Crippen LogP contribution is -2.49. The van der Waals surface area contributed by atoms with Crippen LogP contribution in [0, 0.1) is 0 Å². The molecule has 0 saturated heterocycles. The Labute approximate surface area is 216 Å². The van der Waals surface area contributed by atoms with Gasteiger partial charge in [-0.25, -0.2) is 0 Å². The highest BCUT2D eigenvalue weighted by Crippen LogP contribution is 2.34. The number of thiophene rings is 1. The molecule has 190 valence electrons. The maximum atomic E-state index is 13.7. The van der Waals surface area contributed by atoms with Crippen LogP contribution in [0.25, 0.3) is 0 Å². The first kappa shape index (κ1) is 25.6. The molecule has 2 amide bonds. The number of amides is 2. The zero-order chi connectivity index (χ0) is 25.7. The second-order valence-electron chi connectivity index (χ2n) is 8.90. The van der Waals surface area contributed by atoms with Crippen LogP contribution in [0.1, 0.15) is 40.7 Å². The Morgan fingerprint density at radius 1 is 1.03 bits per heavy atom. The number of hydrogen-bond acceptors (Lipinski definition) is 6. The molecule has 1 aliphatic rings. The van der Waals surface area contributed by atoms with E-state index in [9.17, 15) is 9.59 Å². The highest BCUT2D eigenvalue weighted by Gasteiger charge is 2.34. The average Bonchev–Trinajstić information content (AvgIpc) is 3.39. The molecule has 0 aliphatic carbocycles. The van der Waals surface area contributed by atoms with Gasteiger partial charge in [0.2, 0.25) is 5.91 Å². The van der Waals surface area contributed by atoms with Gasteiger partial charge in [0.1, 0.15) is 30.4 Å². The number of hydrogen-bond donors (Lipinski definition) is 0. The molecule has 0 spiro atoms. The van der Waals surface area contributed by atoms with Gasteiger partial charge in [0, 0.05) is 29.1 Å². The van der Waals surface area contributed by atoms with Gasteiger partial charge in [-0.15, -0.1) is 11.3 Å². The van der Waals surface area contributed by atoms with Crippen molar-refractivity contribution in [2.24, 2.45) is 0 Å². The molecule has 2 heterocycles. The summed E-state index contributed by atoms with van der Waals surface area (Å²) in [4.78, 5) is 31.7. The smallest absolute Gasteiger partial charge is 0.254 e. The molecule has 1 aliphatic heterocycles. The normalized spacial score (nSPS) is 14.8. The van der Waals surface area contributed by atoms with Crippen LogP contribution in [-0.2, 0) is 11.2 Å². The summed E-state index contributed by atoms with van der Waals surface area (Å²) >= 11 is 1.71. The maximum absolute atomic E-state index is 13.7.